The topological polar surface area (TPSA) is 17.1 Å². The highest BCUT2D eigenvalue weighted by molar-refractivity contribution is 6.24. The molecule has 0 bridgehead atoms. The Bertz CT molecular complexity index is 483. The van der Waals surface area contributed by atoms with Gasteiger partial charge in [0.05, 0.1) is 0 Å². The number of hydrogen-bond acceptors (Lipinski definition) is 1. The summed E-state index contributed by atoms with van der Waals surface area (Å²) in [5.74, 6) is 0.318. The molecule has 0 heterocycles. The minimum atomic E-state index is 0.318. The van der Waals surface area contributed by atoms with Crippen molar-refractivity contribution >= 4 is 11.4 Å². The summed E-state index contributed by atoms with van der Waals surface area (Å²) >= 11 is 0. The van der Waals surface area contributed by atoms with E-state index in [1.54, 1.807) is 0 Å². The van der Waals surface area contributed by atoms with E-state index in [1.165, 1.54) is 27.8 Å². The first-order valence-corrected chi connectivity index (χ1v) is 6.38. The fourth-order valence-corrected chi connectivity index (χ4v) is 2.79. The van der Waals surface area contributed by atoms with Crippen LogP contribution in [0, 0.1) is 13.8 Å². The smallest absolute Gasteiger partial charge is 0.163 e. The number of rotatable bonds is 2. The van der Waals surface area contributed by atoms with Crippen molar-refractivity contribution in [2.45, 2.75) is 47.0 Å². The third-order valence-electron chi connectivity index (χ3n) is 3.68. The van der Waals surface area contributed by atoms with E-state index in [9.17, 15) is 4.79 Å². The molecule has 1 heteroatoms. The van der Waals surface area contributed by atoms with Crippen molar-refractivity contribution < 1.29 is 4.79 Å². The van der Waals surface area contributed by atoms with E-state index in [4.69, 9.17) is 0 Å². The molecule has 0 spiro atoms. The average Bonchev–Trinajstić information content (AvgIpc) is 2.59. The van der Waals surface area contributed by atoms with E-state index >= 15 is 0 Å². The molecule has 0 atom stereocenters. The van der Waals surface area contributed by atoms with E-state index in [0.29, 0.717) is 12.2 Å². The minimum absolute atomic E-state index is 0.318. The summed E-state index contributed by atoms with van der Waals surface area (Å²) in [5, 5.41) is 0. The summed E-state index contributed by atoms with van der Waals surface area (Å²) in [5.41, 5.74) is 7.26. The van der Waals surface area contributed by atoms with Gasteiger partial charge in [-0.2, -0.15) is 0 Å². The second-order valence-electron chi connectivity index (χ2n) is 5.04. The Kier molecular flexibility index (Phi) is 3.19. The van der Waals surface area contributed by atoms with Crippen molar-refractivity contribution in [3.63, 3.8) is 0 Å². The van der Waals surface area contributed by atoms with Gasteiger partial charge in [-0.1, -0.05) is 24.6 Å². The SMILES string of the molecule is CCc1cc(C)c(C2=C(C)CCC2=O)c(C)c1. The standard InChI is InChI=1S/C16H20O/c1-5-13-8-11(3)15(12(4)9-13)16-10(2)6-7-14(16)17/h8-9H,5-7H2,1-4H3. The molecule has 1 aromatic rings. The number of allylic oxidation sites excluding steroid dienone is 2. The third-order valence-corrected chi connectivity index (χ3v) is 3.68. The first-order valence-electron chi connectivity index (χ1n) is 6.38. The molecule has 0 saturated carbocycles. The minimum Gasteiger partial charge on any atom is -0.294 e. The molecule has 0 saturated heterocycles. The first kappa shape index (κ1) is 12.1. The van der Waals surface area contributed by atoms with E-state index in [0.717, 1.165) is 18.4 Å². The lowest BCUT2D eigenvalue weighted by atomic mass is 9.90. The Morgan fingerprint density at radius 2 is 1.65 bits per heavy atom. The largest absolute Gasteiger partial charge is 0.294 e. The van der Waals surface area contributed by atoms with Gasteiger partial charge in [0.15, 0.2) is 5.78 Å². The van der Waals surface area contributed by atoms with Crippen LogP contribution in [0.2, 0.25) is 0 Å². The maximum Gasteiger partial charge on any atom is 0.163 e. The van der Waals surface area contributed by atoms with Crippen LogP contribution in [0.15, 0.2) is 17.7 Å². The number of ketones is 1. The second-order valence-corrected chi connectivity index (χ2v) is 5.04. The summed E-state index contributed by atoms with van der Waals surface area (Å²) in [6.45, 7) is 8.49. The summed E-state index contributed by atoms with van der Waals surface area (Å²) in [6, 6.07) is 4.43. The molecule has 0 N–H and O–H groups in total. The zero-order chi connectivity index (χ0) is 12.6. The van der Waals surface area contributed by atoms with Crippen LogP contribution in [0.1, 0.15) is 48.9 Å². The molecule has 0 fully saturated rings. The summed E-state index contributed by atoms with van der Waals surface area (Å²) < 4.78 is 0. The fourth-order valence-electron chi connectivity index (χ4n) is 2.79. The predicted molar refractivity (Wildman–Crippen MR) is 72.1 cm³/mol. The molecule has 0 amide bonds. The highest BCUT2D eigenvalue weighted by Gasteiger charge is 2.24. The lowest BCUT2D eigenvalue weighted by Gasteiger charge is -2.13. The van der Waals surface area contributed by atoms with Gasteiger partial charge < -0.3 is 0 Å². The molecule has 0 unspecified atom stereocenters. The molecule has 1 aliphatic rings. The Balaban J connectivity index is 2.61. The molecular formula is C16H20O. The third kappa shape index (κ3) is 2.06. The molecule has 1 aromatic carbocycles. The Labute approximate surface area is 104 Å². The molecule has 0 aliphatic heterocycles. The molecule has 0 radical (unpaired) electrons. The quantitative estimate of drug-likeness (QED) is 0.747. The van der Waals surface area contributed by atoms with Crippen LogP contribution < -0.4 is 0 Å². The summed E-state index contributed by atoms with van der Waals surface area (Å²) in [6.07, 6.45) is 2.67. The van der Waals surface area contributed by atoms with Gasteiger partial charge >= 0.3 is 0 Å². The molecule has 2 rings (SSSR count). The number of carbonyl (C=O) groups excluding carboxylic acids is 1. The predicted octanol–water partition coefficient (Wildman–Crippen LogP) is 4.00. The van der Waals surface area contributed by atoms with E-state index in [2.05, 4.69) is 39.8 Å². The normalized spacial score (nSPS) is 15.9. The van der Waals surface area contributed by atoms with Gasteiger partial charge in [-0.05, 0) is 55.9 Å². The van der Waals surface area contributed by atoms with E-state index in [1.807, 2.05) is 0 Å². The molecule has 0 aromatic heterocycles. The van der Waals surface area contributed by atoms with Crippen LogP contribution in [-0.2, 0) is 11.2 Å². The number of carbonyl (C=O) groups is 1. The zero-order valence-corrected chi connectivity index (χ0v) is 11.2. The van der Waals surface area contributed by atoms with Gasteiger partial charge in [0, 0.05) is 12.0 Å². The van der Waals surface area contributed by atoms with Crippen LogP contribution in [0.25, 0.3) is 5.57 Å². The van der Waals surface area contributed by atoms with Crippen LogP contribution in [0.4, 0.5) is 0 Å². The molecule has 1 nitrogen and oxygen atoms in total. The van der Waals surface area contributed by atoms with Crippen molar-refractivity contribution in [1.82, 2.24) is 0 Å². The molecular weight excluding hydrogens is 208 g/mol. The Morgan fingerprint density at radius 3 is 2.06 bits per heavy atom. The molecule has 90 valence electrons. The van der Waals surface area contributed by atoms with Crippen molar-refractivity contribution in [2.24, 2.45) is 0 Å². The van der Waals surface area contributed by atoms with Gasteiger partial charge in [-0.3, -0.25) is 4.79 Å². The molecule has 1 aliphatic carbocycles. The van der Waals surface area contributed by atoms with Crippen molar-refractivity contribution in [3.05, 3.63) is 40.0 Å². The molecule has 17 heavy (non-hydrogen) atoms. The van der Waals surface area contributed by atoms with Crippen LogP contribution >= 0.6 is 0 Å². The maximum absolute atomic E-state index is 12.0. The Hall–Kier alpha value is -1.37. The number of aryl methyl sites for hydroxylation is 3. The Morgan fingerprint density at radius 1 is 1.06 bits per heavy atom. The van der Waals surface area contributed by atoms with Crippen molar-refractivity contribution in [1.29, 1.82) is 0 Å². The van der Waals surface area contributed by atoms with Crippen LogP contribution in [-0.4, -0.2) is 5.78 Å². The van der Waals surface area contributed by atoms with Crippen LogP contribution in [0.3, 0.4) is 0 Å². The van der Waals surface area contributed by atoms with E-state index < -0.39 is 0 Å². The van der Waals surface area contributed by atoms with Gasteiger partial charge in [0.2, 0.25) is 0 Å². The first-order chi connectivity index (χ1) is 8.04. The zero-order valence-electron chi connectivity index (χ0n) is 11.2. The van der Waals surface area contributed by atoms with Gasteiger partial charge in [0.25, 0.3) is 0 Å². The highest BCUT2D eigenvalue weighted by atomic mass is 16.1. The van der Waals surface area contributed by atoms with Gasteiger partial charge in [-0.15, -0.1) is 0 Å². The number of hydrogen-bond donors (Lipinski definition) is 0. The highest BCUT2D eigenvalue weighted by Crippen LogP contribution is 2.34. The average molecular weight is 228 g/mol. The van der Waals surface area contributed by atoms with Crippen LogP contribution in [0.5, 0.6) is 0 Å². The lowest BCUT2D eigenvalue weighted by Crippen LogP contribution is -2.02. The summed E-state index contributed by atoms with van der Waals surface area (Å²) in [4.78, 5) is 12.0. The number of Topliss-reactive ketones (excluding diaryl/α,β-unsaturated/α-hetero) is 1. The monoisotopic (exact) mass is 228 g/mol. The van der Waals surface area contributed by atoms with Gasteiger partial charge in [-0.25, -0.2) is 0 Å². The van der Waals surface area contributed by atoms with Crippen molar-refractivity contribution in [3.8, 4) is 0 Å². The number of benzene rings is 1. The summed E-state index contributed by atoms with van der Waals surface area (Å²) in [7, 11) is 0. The second kappa shape index (κ2) is 4.48. The fraction of sp³-hybridized carbons (Fsp3) is 0.438. The van der Waals surface area contributed by atoms with Crippen molar-refractivity contribution in [2.75, 3.05) is 0 Å². The lowest BCUT2D eigenvalue weighted by molar-refractivity contribution is -0.113. The van der Waals surface area contributed by atoms with E-state index in [-0.39, 0.29) is 0 Å². The maximum atomic E-state index is 12.0. The van der Waals surface area contributed by atoms with Gasteiger partial charge in [0.1, 0.15) is 0 Å².